The summed E-state index contributed by atoms with van der Waals surface area (Å²) in [5.74, 6) is 0.781. The van der Waals surface area contributed by atoms with Crippen molar-refractivity contribution in [1.82, 2.24) is 14.9 Å². The number of hydrogen-bond donors (Lipinski definition) is 0. The van der Waals surface area contributed by atoms with E-state index in [2.05, 4.69) is 47.8 Å². The monoisotopic (exact) mass is 359 g/mol. The maximum absolute atomic E-state index is 8.83. The van der Waals surface area contributed by atoms with Crippen LogP contribution in [0.15, 0.2) is 41.1 Å². The van der Waals surface area contributed by atoms with Gasteiger partial charge in [-0.05, 0) is 31.8 Å². The molecular formula is C16H18BrN5. The van der Waals surface area contributed by atoms with Gasteiger partial charge >= 0.3 is 0 Å². The summed E-state index contributed by atoms with van der Waals surface area (Å²) in [6.45, 7) is 2.50. The maximum Gasteiger partial charge on any atom is 0.158 e. The smallest absolute Gasteiger partial charge is 0.158 e. The summed E-state index contributed by atoms with van der Waals surface area (Å²) in [5, 5.41) is 8.83. The van der Waals surface area contributed by atoms with Gasteiger partial charge in [-0.2, -0.15) is 5.26 Å². The lowest BCUT2D eigenvalue weighted by Gasteiger charge is -2.25. The van der Waals surface area contributed by atoms with Gasteiger partial charge in [0.15, 0.2) is 5.69 Å². The van der Waals surface area contributed by atoms with Crippen molar-refractivity contribution in [2.75, 3.05) is 32.1 Å². The van der Waals surface area contributed by atoms with Crippen molar-refractivity contribution >= 4 is 21.7 Å². The van der Waals surface area contributed by atoms with E-state index in [0.717, 1.165) is 29.9 Å². The first-order chi connectivity index (χ1) is 10.6. The molecule has 1 aromatic heterocycles. The molecule has 1 heterocycles. The Kier molecular flexibility index (Phi) is 5.87. The molecule has 2 aromatic rings. The quantitative estimate of drug-likeness (QED) is 0.793. The summed E-state index contributed by atoms with van der Waals surface area (Å²) < 4.78 is 1.06. The Morgan fingerprint density at radius 1 is 1.09 bits per heavy atom. The van der Waals surface area contributed by atoms with Gasteiger partial charge in [-0.3, -0.25) is 0 Å². The van der Waals surface area contributed by atoms with E-state index in [0.29, 0.717) is 5.69 Å². The minimum absolute atomic E-state index is 0.333. The highest BCUT2D eigenvalue weighted by atomic mass is 79.9. The third-order valence-electron chi connectivity index (χ3n) is 3.18. The summed E-state index contributed by atoms with van der Waals surface area (Å²) in [6.07, 6.45) is 3.17. The average molecular weight is 360 g/mol. The summed E-state index contributed by atoms with van der Waals surface area (Å²) in [6, 6.07) is 10.2. The largest absolute Gasteiger partial charge is 0.350 e. The van der Waals surface area contributed by atoms with Crippen molar-refractivity contribution in [3.8, 4) is 6.07 Å². The van der Waals surface area contributed by atoms with Gasteiger partial charge in [-0.1, -0.05) is 28.1 Å². The van der Waals surface area contributed by atoms with E-state index >= 15 is 0 Å². The van der Waals surface area contributed by atoms with Gasteiger partial charge in [0.2, 0.25) is 0 Å². The van der Waals surface area contributed by atoms with Crippen LogP contribution in [0.1, 0.15) is 11.3 Å². The SMILES string of the molecule is CN(C)CCN(Cc1ccc(Br)cc1)c1cnc(C#N)cn1. The highest BCUT2D eigenvalue weighted by molar-refractivity contribution is 9.10. The summed E-state index contributed by atoms with van der Waals surface area (Å²) >= 11 is 3.45. The van der Waals surface area contributed by atoms with Crippen LogP contribution in [0.25, 0.3) is 0 Å². The van der Waals surface area contributed by atoms with Crippen molar-refractivity contribution in [2.45, 2.75) is 6.54 Å². The van der Waals surface area contributed by atoms with Crippen LogP contribution in [0, 0.1) is 11.3 Å². The number of likely N-dealkylation sites (N-methyl/N-ethyl adjacent to an activating group) is 1. The first kappa shape index (κ1) is 16.4. The molecule has 114 valence electrons. The third-order valence-corrected chi connectivity index (χ3v) is 3.71. The summed E-state index contributed by atoms with van der Waals surface area (Å²) in [4.78, 5) is 12.8. The number of benzene rings is 1. The van der Waals surface area contributed by atoms with Crippen LogP contribution in [-0.2, 0) is 6.54 Å². The minimum atomic E-state index is 0.333. The summed E-state index contributed by atoms with van der Waals surface area (Å²) in [7, 11) is 4.09. The van der Waals surface area contributed by atoms with E-state index in [1.165, 1.54) is 11.8 Å². The molecule has 0 saturated carbocycles. The zero-order valence-electron chi connectivity index (χ0n) is 12.7. The van der Waals surface area contributed by atoms with Gasteiger partial charge in [-0.25, -0.2) is 9.97 Å². The molecule has 0 aliphatic carbocycles. The Hall–Kier alpha value is -1.97. The highest BCUT2D eigenvalue weighted by Gasteiger charge is 2.10. The van der Waals surface area contributed by atoms with Crippen LogP contribution < -0.4 is 4.90 Å². The second kappa shape index (κ2) is 7.87. The first-order valence-electron chi connectivity index (χ1n) is 6.95. The molecule has 0 amide bonds. The van der Waals surface area contributed by atoms with Crippen molar-refractivity contribution in [3.63, 3.8) is 0 Å². The molecular weight excluding hydrogens is 342 g/mol. The lowest BCUT2D eigenvalue weighted by Crippen LogP contribution is -2.32. The zero-order chi connectivity index (χ0) is 15.9. The Labute approximate surface area is 139 Å². The van der Waals surface area contributed by atoms with Gasteiger partial charge in [0, 0.05) is 24.1 Å². The lowest BCUT2D eigenvalue weighted by atomic mass is 10.2. The molecule has 0 spiro atoms. The second-order valence-electron chi connectivity index (χ2n) is 5.22. The molecule has 0 unspecified atom stereocenters. The van der Waals surface area contributed by atoms with Crippen LogP contribution in [0.5, 0.6) is 0 Å². The van der Waals surface area contributed by atoms with Gasteiger partial charge in [0.1, 0.15) is 11.9 Å². The molecule has 0 N–H and O–H groups in total. The molecule has 1 aromatic carbocycles. The van der Waals surface area contributed by atoms with Crippen LogP contribution in [0.3, 0.4) is 0 Å². The van der Waals surface area contributed by atoms with Crippen LogP contribution in [0.4, 0.5) is 5.82 Å². The average Bonchev–Trinajstić information content (AvgIpc) is 2.53. The standard InChI is InChI=1S/C16H18BrN5/c1-21(2)7-8-22(12-13-3-5-14(17)6-4-13)16-11-19-15(9-18)10-20-16/h3-6,10-11H,7-8,12H2,1-2H3. The molecule has 2 rings (SSSR count). The number of aromatic nitrogens is 2. The number of nitriles is 1. The number of nitrogens with zero attached hydrogens (tertiary/aromatic N) is 5. The Bertz CT molecular complexity index is 631. The van der Waals surface area contributed by atoms with E-state index in [9.17, 15) is 0 Å². The highest BCUT2D eigenvalue weighted by Crippen LogP contribution is 2.16. The van der Waals surface area contributed by atoms with Crippen molar-refractivity contribution in [2.24, 2.45) is 0 Å². The van der Waals surface area contributed by atoms with Crippen LogP contribution >= 0.6 is 15.9 Å². The predicted octanol–water partition coefficient (Wildman–Crippen LogP) is 2.68. The minimum Gasteiger partial charge on any atom is -0.350 e. The van der Waals surface area contributed by atoms with E-state index in [1.54, 1.807) is 6.20 Å². The molecule has 22 heavy (non-hydrogen) atoms. The van der Waals surface area contributed by atoms with Crippen LogP contribution in [0.2, 0.25) is 0 Å². The Balaban J connectivity index is 2.17. The topological polar surface area (TPSA) is 56.0 Å². The van der Waals surface area contributed by atoms with Crippen molar-refractivity contribution in [3.05, 3.63) is 52.4 Å². The fourth-order valence-corrected chi connectivity index (χ4v) is 2.21. The number of rotatable bonds is 6. The van der Waals surface area contributed by atoms with Gasteiger partial charge < -0.3 is 9.80 Å². The predicted molar refractivity (Wildman–Crippen MR) is 90.5 cm³/mol. The van der Waals surface area contributed by atoms with E-state index in [-0.39, 0.29) is 0 Å². The Morgan fingerprint density at radius 2 is 1.82 bits per heavy atom. The third kappa shape index (κ3) is 4.79. The first-order valence-corrected chi connectivity index (χ1v) is 7.74. The second-order valence-corrected chi connectivity index (χ2v) is 6.14. The van der Waals surface area contributed by atoms with Gasteiger partial charge in [-0.15, -0.1) is 0 Å². The lowest BCUT2D eigenvalue weighted by molar-refractivity contribution is 0.412. The van der Waals surface area contributed by atoms with Gasteiger partial charge in [0.25, 0.3) is 0 Å². The number of hydrogen-bond acceptors (Lipinski definition) is 5. The molecule has 0 fully saturated rings. The zero-order valence-corrected chi connectivity index (χ0v) is 14.3. The molecule has 6 heteroatoms. The fraction of sp³-hybridized carbons (Fsp3) is 0.312. The van der Waals surface area contributed by atoms with Crippen LogP contribution in [-0.4, -0.2) is 42.1 Å². The van der Waals surface area contributed by atoms with E-state index in [1.807, 2.05) is 32.3 Å². The molecule has 0 aliphatic heterocycles. The molecule has 0 saturated heterocycles. The molecule has 0 radical (unpaired) electrons. The molecule has 0 bridgehead atoms. The van der Waals surface area contributed by atoms with Crippen molar-refractivity contribution < 1.29 is 0 Å². The van der Waals surface area contributed by atoms with Gasteiger partial charge in [0.05, 0.1) is 12.4 Å². The van der Waals surface area contributed by atoms with Crippen molar-refractivity contribution in [1.29, 1.82) is 5.26 Å². The molecule has 5 nitrogen and oxygen atoms in total. The molecule has 0 atom stereocenters. The maximum atomic E-state index is 8.83. The fourth-order valence-electron chi connectivity index (χ4n) is 1.95. The normalized spacial score (nSPS) is 10.5. The molecule has 0 aliphatic rings. The van der Waals surface area contributed by atoms with E-state index in [4.69, 9.17) is 5.26 Å². The van der Waals surface area contributed by atoms with E-state index < -0.39 is 0 Å². The number of halogens is 1. The number of anilines is 1. The summed E-state index contributed by atoms with van der Waals surface area (Å²) in [5.41, 5.74) is 1.54. The Morgan fingerprint density at radius 3 is 2.36 bits per heavy atom.